The number of rotatable bonds is 5. The summed E-state index contributed by atoms with van der Waals surface area (Å²) >= 11 is 0. The quantitative estimate of drug-likeness (QED) is 0.608. The number of carbonyl (C=O) groups is 3. The zero-order valence-electron chi connectivity index (χ0n) is 15.0. The lowest BCUT2D eigenvalue weighted by Gasteiger charge is -2.33. The molecule has 5 nitrogen and oxygen atoms in total. The number of hydrogen-bond acceptors (Lipinski definition) is 3. The van der Waals surface area contributed by atoms with Gasteiger partial charge < -0.3 is 4.90 Å². The van der Waals surface area contributed by atoms with E-state index in [1.165, 1.54) is 24.2 Å². The van der Waals surface area contributed by atoms with Gasteiger partial charge in [-0.1, -0.05) is 62.4 Å². The van der Waals surface area contributed by atoms with Crippen molar-refractivity contribution in [3.05, 3.63) is 35.9 Å². The van der Waals surface area contributed by atoms with Crippen molar-refractivity contribution < 1.29 is 14.4 Å². The maximum absolute atomic E-state index is 13.0. The van der Waals surface area contributed by atoms with Crippen LogP contribution in [0.15, 0.2) is 30.3 Å². The van der Waals surface area contributed by atoms with Gasteiger partial charge in [0.2, 0.25) is 0 Å². The van der Waals surface area contributed by atoms with E-state index in [2.05, 4.69) is 0 Å². The molecule has 0 unspecified atom stereocenters. The molecule has 1 atom stereocenters. The van der Waals surface area contributed by atoms with Gasteiger partial charge >= 0.3 is 6.03 Å². The minimum Gasteiger partial charge on any atom is -0.313 e. The SMILES string of the molecule is CN1C(=O)N(CC(=O)c2ccccc2)C(=O)[C@]1(C)CC1CCCCC1. The second kappa shape index (κ2) is 6.98. The first-order chi connectivity index (χ1) is 11.9. The minimum absolute atomic E-state index is 0.188. The zero-order chi connectivity index (χ0) is 18.0. The van der Waals surface area contributed by atoms with Crippen LogP contribution in [0.25, 0.3) is 0 Å². The minimum atomic E-state index is -0.837. The van der Waals surface area contributed by atoms with Crippen LogP contribution in [0.4, 0.5) is 4.79 Å². The molecule has 0 aromatic heterocycles. The Morgan fingerprint density at radius 3 is 2.40 bits per heavy atom. The van der Waals surface area contributed by atoms with Crippen LogP contribution < -0.4 is 0 Å². The molecule has 2 aliphatic rings. The summed E-state index contributed by atoms with van der Waals surface area (Å²) in [4.78, 5) is 40.7. The fourth-order valence-corrected chi connectivity index (χ4v) is 4.09. The molecule has 5 heteroatoms. The van der Waals surface area contributed by atoms with Crippen molar-refractivity contribution in [1.29, 1.82) is 0 Å². The van der Waals surface area contributed by atoms with Crippen molar-refractivity contribution in [2.45, 2.75) is 51.0 Å². The van der Waals surface area contributed by atoms with Crippen LogP contribution in [0.2, 0.25) is 0 Å². The summed E-state index contributed by atoms with van der Waals surface area (Å²) in [7, 11) is 1.68. The Balaban J connectivity index is 1.74. The van der Waals surface area contributed by atoms with E-state index in [9.17, 15) is 14.4 Å². The first kappa shape index (κ1) is 17.6. The lowest BCUT2D eigenvalue weighted by Crippen LogP contribution is -2.46. The van der Waals surface area contributed by atoms with Crippen molar-refractivity contribution in [2.24, 2.45) is 5.92 Å². The molecule has 3 amide bonds. The van der Waals surface area contributed by atoms with Crippen LogP contribution in [0.5, 0.6) is 0 Å². The molecule has 1 heterocycles. The molecular weight excluding hydrogens is 316 g/mol. The van der Waals surface area contributed by atoms with Gasteiger partial charge in [0.25, 0.3) is 5.91 Å². The summed E-state index contributed by atoms with van der Waals surface area (Å²) < 4.78 is 0. The molecule has 0 spiro atoms. The Kier molecular flexibility index (Phi) is 4.93. The normalized spacial score (nSPS) is 24.9. The molecule has 0 bridgehead atoms. The lowest BCUT2D eigenvalue weighted by molar-refractivity contribution is -0.133. The maximum atomic E-state index is 13.0. The third kappa shape index (κ3) is 3.32. The lowest BCUT2D eigenvalue weighted by atomic mass is 9.79. The Morgan fingerprint density at radius 1 is 1.12 bits per heavy atom. The predicted octanol–water partition coefficient (Wildman–Crippen LogP) is 3.49. The monoisotopic (exact) mass is 342 g/mol. The number of urea groups is 1. The molecule has 3 rings (SSSR count). The van der Waals surface area contributed by atoms with Gasteiger partial charge in [-0.3, -0.25) is 14.5 Å². The molecular formula is C20H26N2O3. The number of ketones is 1. The van der Waals surface area contributed by atoms with Crippen molar-refractivity contribution in [3.8, 4) is 0 Å². The highest BCUT2D eigenvalue weighted by molar-refractivity contribution is 6.10. The van der Waals surface area contributed by atoms with Gasteiger partial charge in [-0.25, -0.2) is 4.79 Å². The third-order valence-corrected chi connectivity index (χ3v) is 5.77. The summed E-state index contributed by atoms with van der Waals surface area (Å²) in [5.41, 5.74) is -0.317. The number of benzene rings is 1. The summed E-state index contributed by atoms with van der Waals surface area (Å²) in [6.07, 6.45) is 6.57. The molecule has 1 aromatic rings. The molecule has 1 saturated heterocycles. The van der Waals surface area contributed by atoms with Crippen LogP contribution in [-0.4, -0.2) is 46.7 Å². The average Bonchev–Trinajstić information content (AvgIpc) is 2.79. The van der Waals surface area contributed by atoms with E-state index in [-0.39, 0.29) is 24.3 Å². The molecule has 1 aliphatic carbocycles. The van der Waals surface area contributed by atoms with E-state index in [0.717, 1.165) is 17.7 Å². The van der Waals surface area contributed by atoms with Gasteiger partial charge in [0.15, 0.2) is 5.78 Å². The number of hydrogen-bond donors (Lipinski definition) is 0. The van der Waals surface area contributed by atoms with Gasteiger partial charge in [-0.2, -0.15) is 0 Å². The molecule has 1 aromatic carbocycles. The molecule has 2 fully saturated rings. The number of Topliss-reactive ketones (excluding diaryl/α,β-unsaturated/α-hetero) is 1. The molecule has 1 saturated carbocycles. The largest absolute Gasteiger partial charge is 0.327 e. The highest BCUT2D eigenvalue weighted by atomic mass is 16.2. The second-order valence-corrected chi connectivity index (χ2v) is 7.50. The maximum Gasteiger partial charge on any atom is 0.327 e. The summed E-state index contributed by atoms with van der Waals surface area (Å²) in [6.45, 7) is 1.65. The number of amides is 3. The summed E-state index contributed by atoms with van der Waals surface area (Å²) in [5.74, 6) is 0.0233. The predicted molar refractivity (Wildman–Crippen MR) is 95.2 cm³/mol. The van der Waals surface area contributed by atoms with Gasteiger partial charge in [-0.05, 0) is 19.3 Å². The van der Waals surface area contributed by atoms with E-state index in [1.807, 2.05) is 13.0 Å². The topological polar surface area (TPSA) is 57.7 Å². The van der Waals surface area contributed by atoms with E-state index < -0.39 is 5.54 Å². The van der Waals surface area contributed by atoms with Crippen LogP contribution in [0.3, 0.4) is 0 Å². The van der Waals surface area contributed by atoms with Crippen LogP contribution in [-0.2, 0) is 4.79 Å². The molecule has 0 N–H and O–H groups in total. The Labute approximate surface area is 149 Å². The van der Waals surface area contributed by atoms with Crippen molar-refractivity contribution >= 4 is 17.7 Å². The van der Waals surface area contributed by atoms with Gasteiger partial charge in [0, 0.05) is 12.6 Å². The van der Waals surface area contributed by atoms with Crippen LogP contribution in [0, 0.1) is 5.92 Å². The Hall–Kier alpha value is -2.17. The third-order valence-electron chi connectivity index (χ3n) is 5.77. The van der Waals surface area contributed by atoms with Crippen LogP contribution in [0.1, 0.15) is 55.8 Å². The average molecular weight is 342 g/mol. The van der Waals surface area contributed by atoms with Crippen molar-refractivity contribution in [3.63, 3.8) is 0 Å². The second-order valence-electron chi connectivity index (χ2n) is 7.50. The van der Waals surface area contributed by atoms with Crippen molar-refractivity contribution in [1.82, 2.24) is 9.80 Å². The highest BCUT2D eigenvalue weighted by Crippen LogP contribution is 2.37. The van der Waals surface area contributed by atoms with Gasteiger partial charge in [-0.15, -0.1) is 0 Å². The highest BCUT2D eigenvalue weighted by Gasteiger charge is 2.53. The molecule has 1 aliphatic heterocycles. The number of nitrogens with zero attached hydrogens (tertiary/aromatic N) is 2. The fraction of sp³-hybridized carbons (Fsp3) is 0.550. The number of likely N-dealkylation sites (N-methyl/N-ethyl adjacent to an activating group) is 1. The first-order valence-corrected chi connectivity index (χ1v) is 9.11. The van der Waals surface area contributed by atoms with E-state index in [1.54, 1.807) is 31.3 Å². The summed E-state index contributed by atoms with van der Waals surface area (Å²) in [6, 6.07) is 8.43. The molecule has 134 valence electrons. The van der Waals surface area contributed by atoms with E-state index in [0.29, 0.717) is 17.9 Å². The number of carbonyl (C=O) groups excluding carboxylic acids is 3. The summed E-state index contributed by atoms with van der Waals surface area (Å²) in [5, 5.41) is 0. The first-order valence-electron chi connectivity index (χ1n) is 9.11. The molecule has 0 radical (unpaired) electrons. The Bertz CT molecular complexity index is 667. The smallest absolute Gasteiger partial charge is 0.313 e. The Morgan fingerprint density at radius 2 is 1.76 bits per heavy atom. The van der Waals surface area contributed by atoms with Gasteiger partial charge in [0.05, 0.1) is 6.54 Å². The standard InChI is InChI=1S/C20H26N2O3/c1-20(13-15-9-5-3-6-10-15)18(24)22(19(25)21(20)2)14-17(23)16-11-7-4-8-12-16/h4,7-8,11-12,15H,3,5-6,9-10,13-14H2,1-2H3/t20-/m0/s1. The van der Waals surface area contributed by atoms with E-state index in [4.69, 9.17) is 0 Å². The molecule has 25 heavy (non-hydrogen) atoms. The van der Waals surface area contributed by atoms with Crippen molar-refractivity contribution in [2.75, 3.05) is 13.6 Å². The van der Waals surface area contributed by atoms with Gasteiger partial charge in [0.1, 0.15) is 5.54 Å². The number of imide groups is 1. The van der Waals surface area contributed by atoms with Crippen LogP contribution >= 0.6 is 0 Å². The fourth-order valence-electron chi connectivity index (χ4n) is 4.09. The zero-order valence-corrected chi connectivity index (χ0v) is 15.0. The van der Waals surface area contributed by atoms with E-state index >= 15 is 0 Å².